The molecule has 1 aromatic heterocycles. The monoisotopic (exact) mass is 380 g/mol. The predicted octanol–water partition coefficient (Wildman–Crippen LogP) is 3.72. The molecule has 0 unspecified atom stereocenters. The van der Waals surface area contributed by atoms with Crippen molar-refractivity contribution in [2.45, 2.75) is 20.8 Å². The first-order valence-corrected chi connectivity index (χ1v) is 8.65. The topological polar surface area (TPSA) is 99.3 Å². The fourth-order valence-electron chi connectivity index (χ4n) is 2.68. The molecule has 0 aliphatic heterocycles. The molecule has 0 saturated heterocycles. The number of hydrogen-bond acceptors (Lipinski definition) is 5. The SMILES string of the molecule is Cc1ccc(-n2nc(C)cc2NC(=O)COc2cc(C)ccc2[N+](=O)[O-])cc1. The number of carbonyl (C=O) groups is 1. The van der Waals surface area contributed by atoms with E-state index < -0.39 is 10.8 Å². The number of carbonyl (C=O) groups excluding carboxylic acids is 1. The number of ether oxygens (including phenoxy) is 1. The van der Waals surface area contributed by atoms with Gasteiger partial charge in [-0.1, -0.05) is 23.8 Å². The van der Waals surface area contributed by atoms with Crippen molar-refractivity contribution >= 4 is 17.4 Å². The molecule has 0 aliphatic rings. The number of amides is 1. The van der Waals surface area contributed by atoms with Crippen LogP contribution in [0.4, 0.5) is 11.5 Å². The number of benzene rings is 2. The van der Waals surface area contributed by atoms with Crippen LogP contribution in [0, 0.1) is 30.9 Å². The fraction of sp³-hybridized carbons (Fsp3) is 0.200. The standard InChI is InChI=1S/C20H20N4O4/c1-13-4-7-16(8-5-13)23-19(11-15(3)22-23)21-20(25)12-28-18-10-14(2)6-9-17(18)24(26)27/h4-11H,12H2,1-3H3,(H,21,25). The van der Waals surface area contributed by atoms with Crippen LogP contribution in [0.25, 0.3) is 5.69 Å². The second-order valence-electron chi connectivity index (χ2n) is 6.48. The maximum absolute atomic E-state index is 12.4. The zero-order chi connectivity index (χ0) is 20.3. The minimum Gasteiger partial charge on any atom is -0.477 e. The maximum Gasteiger partial charge on any atom is 0.310 e. The Balaban J connectivity index is 1.74. The van der Waals surface area contributed by atoms with Gasteiger partial charge in [-0.25, -0.2) is 4.68 Å². The van der Waals surface area contributed by atoms with Crippen LogP contribution in [-0.4, -0.2) is 27.2 Å². The average Bonchev–Trinajstić information content (AvgIpc) is 3.00. The highest BCUT2D eigenvalue weighted by Crippen LogP contribution is 2.27. The van der Waals surface area contributed by atoms with Gasteiger partial charge in [0.1, 0.15) is 5.82 Å². The van der Waals surface area contributed by atoms with E-state index in [-0.39, 0.29) is 18.0 Å². The Morgan fingerprint density at radius 3 is 2.46 bits per heavy atom. The fourth-order valence-corrected chi connectivity index (χ4v) is 2.68. The minimum absolute atomic E-state index is 0.0587. The molecule has 144 valence electrons. The third kappa shape index (κ3) is 4.35. The number of aromatic nitrogens is 2. The molecular weight excluding hydrogens is 360 g/mol. The molecule has 3 rings (SSSR count). The second-order valence-corrected chi connectivity index (χ2v) is 6.48. The Bertz CT molecular complexity index is 1030. The van der Waals surface area contributed by atoms with Gasteiger partial charge in [0, 0.05) is 12.1 Å². The van der Waals surface area contributed by atoms with Crippen molar-refractivity contribution in [1.29, 1.82) is 0 Å². The first kappa shape index (κ1) is 19.1. The predicted molar refractivity (Wildman–Crippen MR) is 105 cm³/mol. The van der Waals surface area contributed by atoms with Crippen molar-refractivity contribution < 1.29 is 14.5 Å². The number of nitro groups is 1. The van der Waals surface area contributed by atoms with E-state index in [1.807, 2.05) is 38.1 Å². The molecule has 0 bridgehead atoms. The van der Waals surface area contributed by atoms with Crippen LogP contribution in [0.15, 0.2) is 48.5 Å². The molecule has 1 N–H and O–H groups in total. The van der Waals surface area contributed by atoms with Crippen LogP contribution in [0.1, 0.15) is 16.8 Å². The first-order valence-electron chi connectivity index (χ1n) is 8.65. The maximum atomic E-state index is 12.4. The van der Waals surface area contributed by atoms with E-state index in [4.69, 9.17) is 4.74 Å². The Labute approximate surface area is 161 Å². The largest absolute Gasteiger partial charge is 0.477 e. The van der Waals surface area contributed by atoms with Crippen molar-refractivity contribution in [3.8, 4) is 11.4 Å². The molecule has 8 nitrogen and oxygen atoms in total. The molecule has 1 heterocycles. The van der Waals surface area contributed by atoms with Crippen molar-refractivity contribution in [3.05, 3.63) is 75.5 Å². The number of nitrogens with zero attached hydrogens (tertiary/aromatic N) is 3. The third-order valence-corrected chi connectivity index (χ3v) is 4.05. The zero-order valence-corrected chi connectivity index (χ0v) is 15.8. The Morgan fingerprint density at radius 1 is 1.11 bits per heavy atom. The quantitative estimate of drug-likeness (QED) is 0.519. The Morgan fingerprint density at radius 2 is 1.79 bits per heavy atom. The number of hydrogen-bond donors (Lipinski definition) is 1. The van der Waals surface area contributed by atoms with E-state index in [1.54, 1.807) is 23.7 Å². The lowest BCUT2D eigenvalue weighted by molar-refractivity contribution is -0.385. The number of nitro benzene ring substituents is 1. The van der Waals surface area contributed by atoms with Crippen LogP contribution in [0.2, 0.25) is 0 Å². The molecule has 0 aliphatic carbocycles. The van der Waals surface area contributed by atoms with Crippen LogP contribution < -0.4 is 10.1 Å². The van der Waals surface area contributed by atoms with Crippen LogP contribution in [0.5, 0.6) is 5.75 Å². The van der Waals surface area contributed by atoms with Gasteiger partial charge in [0.25, 0.3) is 5.91 Å². The summed E-state index contributed by atoms with van der Waals surface area (Å²) in [6.07, 6.45) is 0. The highest BCUT2D eigenvalue weighted by atomic mass is 16.6. The second kappa shape index (κ2) is 7.91. The number of nitrogens with one attached hydrogen (secondary N) is 1. The summed E-state index contributed by atoms with van der Waals surface area (Å²) in [5, 5.41) is 18.3. The average molecular weight is 380 g/mol. The van der Waals surface area contributed by atoms with Gasteiger partial charge in [0.15, 0.2) is 12.4 Å². The molecule has 8 heteroatoms. The summed E-state index contributed by atoms with van der Waals surface area (Å²) in [4.78, 5) is 22.9. The number of anilines is 1. The first-order chi connectivity index (χ1) is 13.3. The van der Waals surface area contributed by atoms with Gasteiger partial charge in [-0.3, -0.25) is 14.9 Å². The van der Waals surface area contributed by atoms with Gasteiger partial charge in [0.2, 0.25) is 0 Å². The van der Waals surface area contributed by atoms with Gasteiger partial charge >= 0.3 is 5.69 Å². The Kier molecular flexibility index (Phi) is 5.39. The third-order valence-electron chi connectivity index (χ3n) is 4.05. The van der Waals surface area contributed by atoms with Crippen molar-refractivity contribution in [1.82, 2.24) is 9.78 Å². The molecule has 0 spiro atoms. The normalized spacial score (nSPS) is 10.5. The van der Waals surface area contributed by atoms with E-state index in [9.17, 15) is 14.9 Å². The summed E-state index contributed by atoms with van der Waals surface area (Å²) >= 11 is 0. The van der Waals surface area contributed by atoms with Crippen LogP contribution in [-0.2, 0) is 4.79 Å². The van der Waals surface area contributed by atoms with Gasteiger partial charge in [-0.15, -0.1) is 0 Å². The van der Waals surface area contributed by atoms with E-state index >= 15 is 0 Å². The van der Waals surface area contributed by atoms with Gasteiger partial charge in [0.05, 0.1) is 16.3 Å². The lowest BCUT2D eigenvalue weighted by Crippen LogP contribution is -2.22. The zero-order valence-electron chi connectivity index (χ0n) is 15.8. The lowest BCUT2D eigenvalue weighted by Gasteiger charge is -2.10. The van der Waals surface area contributed by atoms with E-state index in [1.165, 1.54) is 12.1 Å². The van der Waals surface area contributed by atoms with Gasteiger partial charge < -0.3 is 10.1 Å². The summed E-state index contributed by atoms with van der Waals surface area (Å²) < 4.78 is 7.02. The van der Waals surface area contributed by atoms with E-state index in [2.05, 4.69) is 10.4 Å². The van der Waals surface area contributed by atoms with E-state index in [0.717, 1.165) is 22.5 Å². The summed E-state index contributed by atoms with van der Waals surface area (Å²) in [7, 11) is 0. The molecule has 0 radical (unpaired) electrons. The lowest BCUT2D eigenvalue weighted by atomic mass is 10.2. The van der Waals surface area contributed by atoms with Gasteiger partial charge in [-0.2, -0.15) is 5.10 Å². The molecular formula is C20H20N4O4. The van der Waals surface area contributed by atoms with Crippen molar-refractivity contribution in [2.75, 3.05) is 11.9 Å². The van der Waals surface area contributed by atoms with Crippen molar-refractivity contribution in [3.63, 3.8) is 0 Å². The summed E-state index contributed by atoms with van der Waals surface area (Å²) in [6.45, 7) is 5.25. The Hall–Kier alpha value is -3.68. The number of rotatable bonds is 6. The molecule has 28 heavy (non-hydrogen) atoms. The molecule has 2 aromatic carbocycles. The molecule has 0 atom stereocenters. The van der Waals surface area contributed by atoms with Gasteiger partial charge in [-0.05, 0) is 44.5 Å². The van der Waals surface area contributed by atoms with Crippen LogP contribution in [0.3, 0.4) is 0 Å². The minimum atomic E-state index is -0.539. The summed E-state index contributed by atoms with van der Waals surface area (Å²) in [6, 6.07) is 14.0. The molecule has 3 aromatic rings. The highest BCUT2D eigenvalue weighted by molar-refractivity contribution is 5.91. The summed E-state index contributed by atoms with van der Waals surface area (Å²) in [5.74, 6) is 0.112. The van der Waals surface area contributed by atoms with E-state index in [0.29, 0.717) is 5.82 Å². The highest BCUT2D eigenvalue weighted by Gasteiger charge is 2.17. The van der Waals surface area contributed by atoms with Crippen LogP contribution >= 0.6 is 0 Å². The molecule has 0 fully saturated rings. The smallest absolute Gasteiger partial charge is 0.310 e. The molecule has 1 amide bonds. The van der Waals surface area contributed by atoms with Crippen molar-refractivity contribution in [2.24, 2.45) is 0 Å². The summed E-state index contributed by atoms with van der Waals surface area (Å²) in [5.41, 5.74) is 3.29. The number of aryl methyl sites for hydroxylation is 3. The molecule has 0 saturated carbocycles.